The summed E-state index contributed by atoms with van der Waals surface area (Å²) >= 11 is 5.92. The molecule has 0 aliphatic carbocycles. The number of likely N-dealkylation sites (tertiary alicyclic amines) is 1. The first-order valence-electron chi connectivity index (χ1n) is 9.40. The van der Waals surface area contributed by atoms with Crippen LogP contribution >= 0.6 is 11.6 Å². The number of aromatic hydroxyl groups is 1. The van der Waals surface area contributed by atoms with Crippen LogP contribution in [0.4, 0.5) is 0 Å². The fourth-order valence-corrected chi connectivity index (χ4v) is 4.01. The van der Waals surface area contributed by atoms with Gasteiger partial charge in [-0.25, -0.2) is 0 Å². The number of Topliss-reactive ketones (excluding diaryl/α,β-unsaturated/α-hetero) is 1. The van der Waals surface area contributed by atoms with Crippen molar-refractivity contribution in [3.8, 4) is 5.75 Å². The van der Waals surface area contributed by atoms with Gasteiger partial charge in [0, 0.05) is 23.7 Å². The van der Waals surface area contributed by atoms with Gasteiger partial charge in [-0.15, -0.1) is 0 Å². The van der Waals surface area contributed by atoms with E-state index >= 15 is 0 Å². The smallest absolute Gasteiger partial charge is 0.295 e. The minimum absolute atomic E-state index is 0.0108. The van der Waals surface area contributed by atoms with Gasteiger partial charge in [-0.3, -0.25) is 9.59 Å². The highest BCUT2D eigenvalue weighted by Gasteiger charge is 2.47. The Bertz CT molecular complexity index is 979. The van der Waals surface area contributed by atoms with Gasteiger partial charge in [0.1, 0.15) is 11.5 Å². The van der Waals surface area contributed by atoms with Crippen molar-refractivity contribution in [3.63, 3.8) is 0 Å². The fraction of sp³-hybridized carbons (Fsp3) is 0.273. The molecule has 6 nitrogen and oxygen atoms in total. The molecule has 0 radical (unpaired) electrons. The average molecular weight is 414 g/mol. The zero-order chi connectivity index (χ0) is 20.5. The summed E-state index contributed by atoms with van der Waals surface area (Å²) in [5, 5.41) is 21.4. The number of hydrogen-bond donors (Lipinski definition) is 2. The molecule has 0 unspecified atom stereocenters. The molecule has 2 atom stereocenters. The second-order valence-corrected chi connectivity index (χ2v) is 7.62. The lowest BCUT2D eigenvalue weighted by Crippen LogP contribution is -2.36. The highest BCUT2D eigenvalue weighted by Crippen LogP contribution is 2.40. The summed E-state index contributed by atoms with van der Waals surface area (Å²) in [6.07, 6.45) is 1.53. The normalized spacial score (nSPS) is 23.7. The molecule has 29 heavy (non-hydrogen) atoms. The number of nitrogens with zero attached hydrogens (tertiary/aromatic N) is 1. The maximum Gasteiger partial charge on any atom is 0.295 e. The molecule has 2 aliphatic rings. The number of phenolic OH excluding ortho intramolecular Hbond substituents is 1. The van der Waals surface area contributed by atoms with Crippen LogP contribution in [0.15, 0.2) is 54.1 Å². The summed E-state index contributed by atoms with van der Waals surface area (Å²) < 4.78 is 5.65. The second kappa shape index (κ2) is 7.89. The highest BCUT2D eigenvalue weighted by molar-refractivity contribution is 6.46. The van der Waals surface area contributed by atoms with E-state index in [4.69, 9.17) is 16.3 Å². The standard InChI is InChI=1S/C22H20ClNO5/c23-15-8-6-13(7-9-15)20(26)18-19(14-3-1-4-16(25)11-14)24(22(28)21(18)27)12-17-5-2-10-29-17/h1,3-4,6-9,11,17,19,25-26H,2,5,10,12H2/t17-,19+/m1/s1. The first-order valence-corrected chi connectivity index (χ1v) is 9.78. The molecule has 2 N–H and O–H groups in total. The van der Waals surface area contributed by atoms with Crippen LogP contribution in [-0.4, -0.2) is 46.1 Å². The molecule has 0 spiro atoms. The number of aliphatic hydroxyl groups excluding tert-OH is 1. The Morgan fingerprint density at radius 1 is 1.17 bits per heavy atom. The van der Waals surface area contributed by atoms with E-state index in [1.54, 1.807) is 36.4 Å². The molecule has 2 aliphatic heterocycles. The van der Waals surface area contributed by atoms with E-state index in [1.807, 2.05) is 0 Å². The van der Waals surface area contributed by atoms with Crippen LogP contribution < -0.4 is 0 Å². The van der Waals surface area contributed by atoms with Crippen molar-refractivity contribution in [3.05, 3.63) is 70.3 Å². The molecule has 0 bridgehead atoms. The molecular formula is C22H20ClNO5. The lowest BCUT2D eigenvalue weighted by molar-refractivity contribution is -0.140. The third-order valence-corrected chi connectivity index (χ3v) is 5.52. The van der Waals surface area contributed by atoms with Crippen LogP contribution in [0.1, 0.15) is 30.0 Å². The third-order valence-electron chi connectivity index (χ3n) is 5.27. The summed E-state index contributed by atoms with van der Waals surface area (Å²) in [6, 6.07) is 11.9. The van der Waals surface area contributed by atoms with Crippen molar-refractivity contribution >= 4 is 29.1 Å². The third kappa shape index (κ3) is 3.73. The van der Waals surface area contributed by atoms with Crippen LogP contribution in [0.2, 0.25) is 5.02 Å². The van der Waals surface area contributed by atoms with E-state index < -0.39 is 17.7 Å². The van der Waals surface area contributed by atoms with Crippen molar-refractivity contribution in [2.24, 2.45) is 0 Å². The summed E-state index contributed by atoms with van der Waals surface area (Å²) in [5.74, 6) is -1.71. The van der Waals surface area contributed by atoms with Crippen LogP contribution in [-0.2, 0) is 14.3 Å². The van der Waals surface area contributed by atoms with E-state index in [0.29, 0.717) is 22.8 Å². The number of amides is 1. The predicted molar refractivity (Wildman–Crippen MR) is 108 cm³/mol. The van der Waals surface area contributed by atoms with Gasteiger partial charge in [0.25, 0.3) is 11.7 Å². The maximum absolute atomic E-state index is 12.9. The van der Waals surface area contributed by atoms with E-state index in [9.17, 15) is 19.8 Å². The van der Waals surface area contributed by atoms with E-state index in [2.05, 4.69) is 0 Å². The minimum atomic E-state index is -0.818. The largest absolute Gasteiger partial charge is 0.508 e. The van der Waals surface area contributed by atoms with Crippen molar-refractivity contribution in [1.82, 2.24) is 4.90 Å². The minimum Gasteiger partial charge on any atom is -0.508 e. The molecule has 2 aromatic carbocycles. The molecule has 7 heteroatoms. The lowest BCUT2D eigenvalue weighted by atomic mass is 9.95. The average Bonchev–Trinajstić information content (AvgIpc) is 3.30. The van der Waals surface area contributed by atoms with Gasteiger partial charge in [0.15, 0.2) is 0 Å². The van der Waals surface area contributed by atoms with Crippen molar-refractivity contribution in [1.29, 1.82) is 0 Å². The number of hydrogen-bond acceptors (Lipinski definition) is 5. The first-order chi connectivity index (χ1) is 14.0. The number of ketones is 1. The van der Waals surface area contributed by atoms with E-state index in [0.717, 1.165) is 12.8 Å². The number of benzene rings is 2. The van der Waals surface area contributed by atoms with Crippen LogP contribution in [0.5, 0.6) is 5.75 Å². The lowest BCUT2D eigenvalue weighted by Gasteiger charge is -2.27. The van der Waals surface area contributed by atoms with Gasteiger partial charge >= 0.3 is 0 Å². The monoisotopic (exact) mass is 413 g/mol. The Morgan fingerprint density at radius 2 is 1.93 bits per heavy atom. The Kier molecular flexibility index (Phi) is 5.30. The van der Waals surface area contributed by atoms with Gasteiger partial charge in [0.2, 0.25) is 0 Å². The first kappa shape index (κ1) is 19.5. The number of carbonyl (C=O) groups excluding carboxylic acids is 2. The molecule has 2 heterocycles. The zero-order valence-corrected chi connectivity index (χ0v) is 16.3. The summed E-state index contributed by atoms with van der Waals surface area (Å²) in [4.78, 5) is 27.2. The number of ether oxygens (including phenoxy) is 1. The molecule has 4 rings (SSSR count). The summed E-state index contributed by atoms with van der Waals surface area (Å²) in [7, 11) is 0. The number of carbonyl (C=O) groups is 2. The van der Waals surface area contributed by atoms with Gasteiger partial charge < -0.3 is 19.8 Å². The van der Waals surface area contributed by atoms with Gasteiger partial charge in [-0.05, 0) is 54.8 Å². The predicted octanol–water partition coefficient (Wildman–Crippen LogP) is 3.65. The molecule has 1 amide bonds. The van der Waals surface area contributed by atoms with Crippen molar-refractivity contribution < 1.29 is 24.5 Å². The molecule has 0 aromatic heterocycles. The molecule has 2 fully saturated rings. The Morgan fingerprint density at radius 3 is 2.59 bits per heavy atom. The van der Waals surface area contributed by atoms with Crippen molar-refractivity contribution in [2.75, 3.05) is 13.2 Å². The van der Waals surface area contributed by atoms with E-state index in [1.165, 1.54) is 17.0 Å². The quantitative estimate of drug-likeness (QED) is 0.454. The second-order valence-electron chi connectivity index (χ2n) is 7.19. The molecule has 0 saturated carbocycles. The Labute approximate surface area is 173 Å². The van der Waals surface area contributed by atoms with Gasteiger partial charge in [-0.1, -0.05) is 23.7 Å². The topological polar surface area (TPSA) is 87.1 Å². The van der Waals surface area contributed by atoms with E-state index in [-0.39, 0.29) is 29.7 Å². The summed E-state index contributed by atoms with van der Waals surface area (Å²) in [5.41, 5.74) is 0.910. The van der Waals surface area contributed by atoms with Crippen LogP contribution in [0.3, 0.4) is 0 Å². The molecule has 2 aromatic rings. The number of aliphatic hydroxyl groups is 1. The fourth-order valence-electron chi connectivity index (χ4n) is 3.88. The molecule has 2 saturated heterocycles. The Hall–Kier alpha value is -2.83. The number of phenols is 1. The maximum atomic E-state index is 12.9. The zero-order valence-electron chi connectivity index (χ0n) is 15.5. The highest BCUT2D eigenvalue weighted by atomic mass is 35.5. The van der Waals surface area contributed by atoms with Crippen LogP contribution in [0, 0.1) is 0 Å². The SMILES string of the molecule is O=C1C(=O)N(C[C@H]2CCCO2)[C@@H](c2cccc(O)c2)C1=C(O)c1ccc(Cl)cc1. The van der Waals surface area contributed by atoms with Gasteiger partial charge in [-0.2, -0.15) is 0 Å². The molecule has 150 valence electrons. The van der Waals surface area contributed by atoms with Crippen LogP contribution in [0.25, 0.3) is 5.76 Å². The number of halogens is 1. The molecular weight excluding hydrogens is 394 g/mol. The van der Waals surface area contributed by atoms with Crippen molar-refractivity contribution in [2.45, 2.75) is 25.0 Å². The Balaban J connectivity index is 1.83. The summed E-state index contributed by atoms with van der Waals surface area (Å²) in [6.45, 7) is 0.860. The number of rotatable bonds is 4. The van der Waals surface area contributed by atoms with Gasteiger partial charge in [0.05, 0.1) is 17.7 Å².